The first-order valence-corrected chi connectivity index (χ1v) is 5.19. The maximum absolute atomic E-state index is 11.8. The van der Waals surface area contributed by atoms with E-state index < -0.39 is 0 Å². The predicted molar refractivity (Wildman–Crippen MR) is 59.9 cm³/mol. The van der Waals surface area contributed by atoms with E-state index in [1.165, 1.54) is 0 Å². The Hall–Kier alpha value is -1.19. The normalized spacial score (nSPS) is 12.4. The third-order valence-corrected chi connectivity index (χ3v) is 2.24. The van der Waals surface area contributed by atoms with Gasteiger partial charge < -0.3 is 10.4 Å². The number of aliphatic hydroxyl groups excluding tert-OH is 1. The van der Waals surface area contributed by atoms with Crippen molar-refractivity contribution in [2.75, 3.05) is 13.2 Å². The van der Waals surface area contributed by atoms with Gasteiger partial charge in [0.25, 0.3) is 0 Å². The monoisotopic (exact) mass is 207 g/mol. The van der Waals surface area contributed by atoms with Gasteiger partial charge in [-0.2, -0.15) is 0 Å². The fourth-order valence-electron chi connectivity index (χ4n) is 1.34. The maximum Gasteiger partial charge on any atom is 0.179 e. The summed E-state index contributed by atoms with van der Waals surface area (Å²) in [5.74, 6) is 0.0912. The summed E-state index contributed by atoms with van der Waals surface area (Å²) in [5.41, 5.74) is 0.724. The molecule has 15 heavy (non-hydrogen) atoms. The van der Waals surface area contributed by atoms with Crippen LogP contribution in [0.25, 0.3) is 0 Å². The molecular weight excluding hydrogens is 190 g/mol. The Balaban J connectivity index is 2.46. The molecule has 1 aromatic carbocycles. The molecule has 1 rings (SSSR count). The Bertz CT molecular complexity index is 298. The number of carbonyl (C=O) groups excluding carboxylic acids is 1. The van der Waals surface area contributed by atoms with Crippen LogP contribution in [0.15, 0.2) is 30.3 Å². The molecule has 1 unspecified atom stereocenters. The molecule has 0 saturated heterocycles. The third-order valence-electron chi connectivity index (χ3n) is 2.24. The second-order valence-corrected chi connectivity index (χ2v) is 3.48. The van der Waals surface area contributed by atoms with Crippen molar-refractivity contribution in [2.45, 2.75) is 19.4 Å². The molecule has 2 N–H and O–H groups in total. The Kier molecular flexibility index (Phi) is 5.01. The molecule has 0 aliphatic rings. The van der Waals surface area contributed by atoms with Gasteiger partial charge in [-0.3, -0.25) is 4.79 Å². The zero-order valence-electron chi connectivity index (χ0n) is 8.94. The van der Waals surface area contributed by atoms with Gasteiger partial charge >= 0.3 is 0 Å². The highest BCUT2D eigenvalue weighted by Gasteiger charge is 2.13. The summed E-state index contributed by atoms with van der Waals surface area (Å²) in [6.45, 7) is 2.65. The number of rotatable bonds is 6. The Morgan fingerprint density at radius 2 is 2.07 bits per heavy atom. The molecule has 0 radical (unpaired) electrons. The summed E-state index contributed by atoms with van der Waals surface area (Å²) >= 11 is 0. The van der Waals surface area contributed by atoms with Crippen molar-refractivity contribution in [3.8, 4) is 0 Å². The van der Waals surface area contributed by atoms with E-state index >= 15 is 0 Å². The van der Waals surface area contributed by atoms with Crippen LogP contribution in [0.3, 0.4) is 0 Å². The second kappa shape index (κ2) is 6.32. The van der Waals surface area contributed by atoms with Crippen molar-refractivity contribution in [3.63, 3.8) is 0 Å². The lowest BCUT2D eigenvalue weighted by molar-refractivity contribution is 0.0950. The zero-order valence-corrected chi connectivity index (χ0v) is 8.94. The van der Waals surface area contributed by atoms with Gasteiger partial charge in [0.2, 0.25) is 0 Å². The lowest BCUT2D eigenvalue weighted by Crippen LogP contribution is -2.34. The van der Waals surface area contributed by atoms with Crippen LogP contribution in [-0.2, 0) is 0 Å². The first kappa shape index (κ1) is 11.9. The van der Waals surface area contributed by atoms with Crippen LogP contribution < -0.4 is 5.32 Å². The van der Waals surface area contributed by atoms with Gasteiger partial charge in [0.15, 0.2) is 5.78 Å². The second-order valence-electron chi connectivity index (χ2n) is 3.48. The summed E-state index contributed by atoms with van der Waals surface area (Å²) in [5, 5.41) is 11.7. The fourth-order valence-corrected chi connectivity index (χ4v) is 1.34. The maximum atomic E-state index is 11.8. The number of benzene rings is 1. The molecule has 0 bridgehead atoms. The molecule has 0 amide bonds. The fraction of sp³-hybridized carbons (Fsp3) is 0.417. The Morgan fingerprint density at radius 3 is 2.67 bits per heavy atom. The van der Waals surface area contributed by atoms with Crippen molar-refractivity contribution >= 4 is 5.78 Å². The minimum Gasteiger partial charge on any atom is -0.396 e. The molecular formula is C12H17NO2. The number of aliphatic hydroxyl groups is 1. The highest BCUT2D eigenvalue weighted by atomic mass is 16.3. The van der Waals surface area contributed by atoms with Gasteiger partial charge in [-0.15, -0.1) is 0 Å². The van der Waals surface area contributed by atoms with Gasteiger partial charge in [0, 0.05) is 12.2 Å². The van der Waals surface area contributed by atoms with Crippen LogP contribution in [0, 0.1) is 0 Å². The van der Waals surface area contributed by atoms with Crippen molar-refractivity contribution in [1.29, 1.82) is 0 Å². The van der Waals surface area contributed by atoms with Gasteiger partial charge in [-0.1, -0.05) is 30.3 Å². The minimum absolute atomic E-state index is 0.0912. The first-order chi connectivity index (χ1) is 7.25. The standard InChI is InChI=1S/C12H17NO2/c1-10(13-8-5-9-14)12(15)11-6-3-2-4-7-11/h2-4,6-7,10,13-14H,5,8-9H2,1H3. The van der Waals surface area contributed by atoms with Gasteiger partial charge in [-0.05, 0) is 19.9 Å². The van der Waals surface area contributed by atoms with Crippen LogP contribution in [0.4, 0.5) is 0 Å². The van der Waals surface area contributed by atoms with E-state index in [1.807, 2.05) is 37.3 Å². The number of carbonyl (C=O) groups is 1. The first-order valence-electron chi connectivity index (χ1n) is 5.19. The van der Waals surface area contributed by atoms with Crippen LogP contribution in [0.2, 0.25) is 0 Å². The number of hydrogen-bond acceptors (Lipinski definition) is 3. The molecule has 0 aromatic heterocycles. The Labute approximate surface area is 90.1 Å². The smallest absolute Gasteiger partial charge is 0.179 e. The molecule has 3 heteroatoms. The third kappa shape index (κ3) is 3.81. The quantitative estimate of drug-likeness (QED) is 0.545. The van der Waals surface area contributed by atoms with Crippen LogP contribution >= 0.6 is 0 Å². The van der Waals surface area contributed by atoms with Crippen LogP contribution in [-0.4, -0.2) is 30.1 Å². The van der Waals surface area contributed by atoms with E-state index in [1.54, 1.807) is 0 Å². The molecule has 0 saturated carbocycles. The van der Waals surface area contributed by atoms with Crippen molar-refractivity contribution in [1.82, 2.24) is 5.32 Å². The molecule has 0 fully saturated rings. The number of Topliss-reactive ketones (excluding diaryl/α,β-unsaturated/α-hetero) is 1. The van der Waals surface area contributed by atoms with Crippen molar-refractivity contribution in [2.24, 2.45) is 0 Å². The largest absolute Gasteiger partial charge is 0.396 e. The van der Waals surface area contributed by atoms with E-state index in [0.717, 1.165) is 5.56 Å². The topological polar surface area (TPSA) is 49.3 Å². The molecule has 3 nitrogen and oxygen atoms in total. The average molecular weight is 207 g/mol. The summed E-state index contributed by atoms with van der Waals surface area (Å²) in [6, 6.07) is 9.03. The van der Waals surface area contributed by atoms with E-state index in [4.69, 9.17) is 5.11 Å². The van der Waals surface area contributed by atoms with Gasteiger partial charge in [-0.25, -0.2) is 0 Å². The van der Waals surface area contributed by atoms with E-state index in [0.29, 0.717) is 13.0 Å². The summed E-state index contributed by atoms with van der Waals surface area (Å²) in [6.07, 6.45) is 0.673. The van der Waals surface area contributed by atoms with Crippen molar-refractivity contribution < 1.29 is 9.90 Å². The van der Waals surface area contributed by atoms with Crippen molar-refractivity contribution in [3.05, 3.63) is 35.9 Å². The molecule has 0 spiro atoms. The van der Waals surface area contributed by atoms with E-state index in [-0.39, 0.29) is 18.4 Å². The summed E-state index contributed by atoms with van der Waals surface area (Å²) < 4.78 is 0. The number of hydrogen-bond donors (Lipinski definition) is 2. The zero-order chi connectivity index (χ0) is 11.1. The SMILES string of the molecule is CC(NCCCO)C(=O)c1ccccc1. The number of nitrogens with one attached hydrogen (secondary N) is 1. The highest BCUT2D eigenvalue weighted by Crippen LogP contribution is 2.02. The van der Waals surface area contributed by atoms with E-state index in [2.05, 4.69) is 5.32 Å². The lowest BCUT2D eigenvalue weighted by Gasteiger charge is -2.11. The lowest BCUT2D eigenvalue weighted by atomic mass is 10.1. The highest BCUT2D eigenvalue weighted by molar-refractivity contribution is 5.99. The van der Waals surface area contributed by atoms with Crippen LogP contribution in [0.5, 0.6) is 0 Å². The molecule has 0 aliphatic carbocycles. The minimum atomic E-state index is -0.195. The van der Waals surface area contributed by atoms with Gasteiger partial charge in [0.1, 0.15) is 0 Å². The molecule has 82 valence electrons. The predicted octanol–water partition coefficient (Wildman–Crippen LogP) is 1.23. The van der Waals surface area contributed by atoms with Crippen LogP contribution in [0.1, 0.15) is 23.7 Å². The molecule has 1 aromatic rings. The summed E-state index contributed by atoms with van der Waals surface area (Å²) in [7, 11) is 0. The molecule has 1 atom stereocenters. The van der Waals surface area contributed by atoms with E-state index in [9.17, 15) is 4.79 Å². The molecule has 0 heterocycles. The van der Waals surface area contributed by atoms with Gasteiger partial charge in [0.05, 0.1) is 6.04 Å². The molecule has 0 aliphatic heterocycles. The number of ketones is 1. The summed E-state index contributed by atoms with van der Waals surface area (Å²) in [4.78, 5) is 11.8. The average Bonchev–Trinajstić information content (AvgIpc) is 2.29. The Morgan fingerprint density at radius 1 is 1.40 bits per heavy atom.